The van der Waals surface area contributed by atoms with Crippen LogP contribution >= 0.6 is 0 Å². The normalized spacial score (nSPS) is 10.3. The largest absolute Gasteiger partial charge is 0.496 e. The second-order valence-electron chi connectivity index (χ2n) is 3.32. The molecule has 0 unspecified atom stereocenters. The maximum atomic E-state index is 5.18. The topological polar surface area (TPSA) is 48.2 Å². The number of benzene rings is 1. The predicted octanol–water partition coefficient (Wildman–Crippen LogP) is 2.36. The highest BCUT2D eigenvalue weighted by Crippen LogP contribution is 2.23. The van der Waals surface area contributed by atoms with Crippen LogP contribution in [0.2, 0.25) is 0 Å². The SMILES string of the molecule is COc1ccc(-c2noc(C)n2)cc1C. The first-order valence-electron chi connectivity index (χ1n) is 4.66. The van der Waals surface area contributed by atoms with Crippen molar-refractivity contribution in [1.82, 2.24) is 10.1 Å². The molecule has 4 heteroatoms. The Morgan fingerprint density at radius 1 is 1.27 bits per heavy atom. The van der Waals surface area contributed by atoms with Gasteiger partial charge in [-0.3, -0.25) is 0 Å². The average Bonchev–Trinajstić information content (AvgIpc) is 2.65. The number of aryl methyl sites for hydroxylation is 2. The lowest BCUT2D eigenvalue weighted by Gasteiger charge is -2.04. The monoisotopic (exact) mass is 204 g/mol. The fraction of sp³-hybridized carbons (Fsp3) is 0.273. The van der Waals surface area contributed by atoms with Gasteiger partial charge in [0.1, 0.15) is 5.75 Å². The van der Waals surface area contributed by atoms with Crippen molar-refractivity contribution in [3.05, 3.63) is 29.7 Å². The number of aromatic nitrogens is 2. The van der Waals surface area contributed by atoms with Crippen molar-refractivity contribution in [2.24, 2.45) is 0 Å². The molecule has 1 heterocycles. The number of hydrogen-bond donors (Lipinski definition) is 0. The molecule has 0 fully saturated rings. The summed E-state index contributed by atoms with van der Waals surface area (Å²) in [7, 11) is 1.65. The quantitative estimate of drug-likeness (QED) is 0.753. The Morgan fingerprint density at radius 2 is 2.07 bits per heavy atom. The molecule has 0 saturated heterocycles. The van der Waals surface area contributed by atoms with Crippen molar-refractivity contribution in [2.75, 3.05) is 7.11 Å². The van der Waals surface area contributed by atoms with Crippen molar-refractivity contribution in [3.8, 4) is 17.1 Å². The van der Waals surface area contributed by atoms with Crippen LogP contribution in [0.25, 0.3) is 11.4 Å². The van der Waals surface area contributed by atoms with Crippen LogP contribution in [-0.4, -0.2) is 17.3 Å². The Morgan fingerprint density at radius 3 is 2.60 bits per heavy atom. The molecule has 0 radical (unpaired) electrons. The summed E-state index contributed by atoms with van der Waals surface area (Å²) in [6, 6.07) is 5.79. The van der Waals surface area contributed by atoms with E-state index >= 15 is 0 Å². The van der Waals surface area contributed by atoms with Gasteiger partial charge in [-0.2, -0.15) is 4.98 Å². The maximum Gasteiger partial charge on any atom is 0.223 e. The Hall–Kier alpha value is -1.84. The smallest absolute Gasteiger partial charge is 0.223 e. The predicted molar refractivity (Wildman–Crippen MR) is 55.8 cm³/mol. The van der Waals surface area contributed by atoms with Crippen LogP contribution in [0.5, 0.6) is 5.75 Å². The third kappa shape index (κ3) is 1.83. The van der Waals surface area contributed by atoms with Gasteiger partial charge in [0.05, 0.1) is 7.11 Å². The van der Waals surface area contributed by atoms with Crippen molar-refractivity contribution in [1.29, 1.82) is 0 Å². The van der Waals surface area contributed by atoms with Crippen LogP contribution < -0.4 is 4.74 Å². The number of rotatable bonds is 2. The summed E-state index contributed by atoms with van der Waals surface area (Å²) in [6.07, 6.45) is 0. The van der Waals surface area contributed by atoms with Crippen LogP contribution in [0.1, 0.15) is 11.5 Å². The minimum Gasteiger partial charge on any atom is -0.496 e. The van der Waals surface area contributed by atoms with Crippen LogP contribution in [0.4, 0.5) is 0 Å². The van der Waals surface area contributed by atoms with E-state index in [0.29, 0.717) is 11.7 Å². The number of ether oxygens (including phenoxy) is 1. The summed E-state index contributed by atoms with van der Waals surface area (Å²) in [5.74, 6) is 2.04. The van der Waals surface area contributed by atoms with Gasteiger partial charge >= 0.3 is 0 Å². The van der Waals surface area contributed by atoms with Crippen LogP contribution in [0.3, 0.4) is 0 Å². The van der Waals surface area contributed by atoms with Crippen LogP contribution in [0.15, 0.2) is 22.7 Å². The number of nitrogens with zero attached hydrogens (tertiary/aromatic N) is 2. The molecule has 0 N–H and O–H groups in total. The molecule has 1 aromatic carbocycles. The van der Waals surface area contributed by atoms with E-state index < -0.39 is 0 Å². The fourth-order valence-electron chi connectivity index (χ4n) is 1.43. The Kier molecular flexibility index (Phi) is 2.41. The summed E-state index contributed by atoms with van der Waals surface area (Å²) in [5, 5.41) is 3.86. The Labute approximate surface area is 87.9 Å². The second-order valence-corrected chi connectivity index (χ2v) is 3.32. The van der Waals surface area contributed by atoms with Gasteiger partial charge in [0.25, 0.3) is 0 Å². The molecule has 0 bridgehead atoms. The summed E-state index contributed by atoms with van der Waals surface area (Å²) in [5.41, 5.74) is 1.99. The van der Waals surface area contributed by atoms with E-state index in [0.717, 1.165) is 16.9 Å². The second kappa shape index (κ2) is 3.73. The first kappa shape index (κ1) is 9.71. The van der Waals surface area contributed by atoms with Gasteiger partial charge in [-0.25, -0.2) is 0 Å². The van der Waals surface area contributed by atoms with Gasteiger partial charge in [0.2, 0.25) is 11.7 Å². The van der Waals surface area contributed by atoms with Gasteiger partial charge in [-0.15, -0.1) is 0 Å². The first-order chi connectivity index (χ1) is 7.20. The zero-order valence-corrected chi connectivity index (χ0v) is 8.94. The fourth-order valence-corrected chi connectivity index (χ4v) is 1.43. The van der Waals surface area contributed by atoms with E-state index in [4.69, 9.17) is 9.26 Å². The van der Waals surface area contributed by atoms with Gasteiger partial charge in [-0.05, 0) is 30.7 Å². The molecule has 4 nitrogen and oxygen atoms in total. The van der Waals surface area contributed by atoms with Crippen molar-refractivity contribution < 1.29 is 9.26 Å². The molecule has 0 saturated carbocycles. The molecule has 0 aliphatic rings. The number of methoxy groups -OCH3 is 1. The zero-order valence-electron chi connectivity index (χ0n) is 8.94. The van der Waals surface area contributed by atoms with E-state index in [1.165, 1.54) is 0 Å². The van der Waals surface area contributed by atoms with Crippen LogP contribution in [0, 0.1) is 13.8 Å². The molecule has 2 rings (SSSR count). The highest BCUT2D eigenvalue weighted by molar-refractivity contribution is 5.58. The third-order valence-corrected chi connectivity index (χ3v) is 2.18. The number of hydrogen-bond acceptors (Lipinski definition) is 4. The Balaban J connectivity index is 2.42. The first-order valence-corrected chi connectivity index (χ1v) is 4.66. The molecule has 0 spiro atoms. The van der Waals surface area contributed by atoms with E-state index in [9.17, 15) is 0 Å². The molecular formula is C11H12N2O2. The Bertz CT molecular complexity index is 477. The van der Waals surface area contributed by atoms with Gasteiger partial charge in [0.15, 0.2) is 0 Å². The van der Waals surface area contributed by atoms with E-state index in [1.807, 2.05) is 25.1 Å². The molecular weight excluding hydrogens is 192 g/mol. The minimum absolute atomic E-state index is 0.568. The van der Waals surface area contributed by atoms with E-state index in [2.05, 4.69) is 10.1 Å². The summed E-state index contributed by atoms with van der Waals surface area (Å²) >= 11 is 0. The van der Waals surface area contributed by atoms with Crippen molar-refractivity contribution in [3.63, 3.8) is 0 Å². The highest BCUT2D eigenvalue weighted by Gasteiger charge is 2.07. The summed E-state index contributed by atoms with van der Waals surface area (Å²) in [4.78, 5) is 4.16. The lowest BCUT2D eigenvalue weighted by Crippen LogP contribution is -1.88. The lowest BCUT2D eigenvalue weighted by atomic mass is 10.1. The van der Waals surface area contributed by atoms with E-state index in [1.54, 1.807) is 14.0 Å². The average molecular weight is 204 g/mol. The zero-order chi connectivity index (χ0) is 10.8. The maximum absolute atomic E-state index is 5.18. The minimum atomic E-state index is 0.568. The molecule has 0 aliphatic carbocycles. The van der Waals surface area contributed by atoms with Crippen molar-refractivity contribution in [2.45, 2.75) is 13.8 Å². The summed E-state index contributed by atoms with van der Waals surface area (Å²) < 4.78 is 10.1. The van der Waals surface area contributed by atoms with Crippen molar-refractivity contribution >= 4 is 0 Å². The highest BCUT2D eigenvalue weighted by atomic mass is 16.5. The van der Waals surface area contributed by atoms with Crippen LogP contribution in [-0.2, 0) is 0 Å². The third-order valence-electron chi connectivity index (χ3n) is 2.18. The lowest BCUT2D eigenvalue weighted by molar-refractivity contribution is 0.394. The summed E-state index contributed by atoms with van der Waals surface area (Å²) in [6.45, 7) is 3.75. The van der Waals surface area contributed by atoms with Gasteiger partial charge in [-0.1, -0.05) is 5.16 Å². The molecule has 0 amide bonds. The molecule has 15 heavy (non-hydrogen) atoms. The molecule has 0 aliphatic heterocycles. The molecule has 78 valence electrons. The standard InChI is InChI=1S/C11H12N2O2/c1-7-6-9(4-5-10(7)14-3)11-12-8(2)15-13-11/h4-6H,1-3H3. The molecule has 1 aromatic heterocycles. The molecule has 2 aromatic rings. The van der Waals surface area contributed by atoms with Gasteiger partial charge < -0.3 is 9.26 Å². The molecule has 0 atom stereocenters. The van der Waals surface area contributed by atoms with Gasteiger partial charge in [0, 0.05) is 12.5 Å². The van der Waals surface area contributed by atoms with E-state index in [-0.39, 0.29) is 0 Å².